The van der Waals surface area contributed by atoms with Crippen LogP contribution in [0.2, 0.25) is 0 Å². The van der Waals surface area contributed by atoms with E-state index in [0.29, 0.717) is 12.1 Å². The number of nitrogen functional groups attached to an aromatic ring is 1. The number of anilines is 1. The molecule has 0 spiro atoms. The van der Waals surface area contributed by atoms with Crippen LogP contribution >= 0.6 is 0 Å². The van der Waals surface area contributed by atoms with Crippen molar-refractivity contribution in [1.82, 2.24) is 4.90 Å². The maximum Gasteiger partial charge on any atom is 0.0485 e. The molecule has 1 aliphatic rings. The number of benzene rings is 1. The van der Waals surface area contributed by atoms with Crippen molar-refractivity contribution >= 4 is 11.4 Å². The van der Waals surface area contributed by atoms with Gasteiger partial charge in [-0.3, -0.25) is 5.84 Å². The van der Waals surface area contributed by atoms with Gasteiger partial charge in [-0.05, 0) is 50.3 Å². The minimum Gasteiger partial charge on any atom is -0.366 e. The fourth-order valence-corrected chi connectivity index (χ4v) is 3.36. The van der Waals surface area contributed by atoms with Gasteiger partial charge in [0.05, 0.1) is 0 Å². The molecule has 0 saturated carbocycles. The predicted molar refractivity (Wildman–Crippen MR) is 82.4 cm³/mol. The zero-order valence-corrected chi connectivity index (χ0v) is 12.2. The first-order valence-electron chi connectivity index (χ1n) is 7.07. The molecule has 1 aromatic carbocycles. The van der Waals surface area contributed by atoms with Gasteiger partial charge in [-0.25, -0.2) is 0 Å². The Balaban J connectivity index is 2.17. The highest BCUT2D eigenvalue weighted by Crippen LogP contribution is 2.33. The molecule has 2 unspecified atom stereocenters. The molecular weight excluding hydrogens is 234 g/mol. The molecule has 0 aromatic heterocycles. The number of nitrogens with zero attached hydrogens (tertiary/aromatic N) is 1. The summed E-state index contributed by atoms with van der Waals surface area (Å²) in [7, 11) is 0. The molecule has 1 saturated heterocycles. The summed E-state index contributed by atoms with van der Waals surface area (Å²) >= 11 is 0. The second kappa shape index (κ2) is 5.66. The Kier molecular flexibility index (Phi) is 4.15. The van der Waals surface area contributed by atoms with Crippen molar-refractivity contribution in [3.05, 3.63) is 36.4 Å². The number of hydrogen-bond donors (Lipinski definition) is 2. The van der Waals surface area contributed by atoms with Crippen molar-refractivity contribution in [2.75, 3.05) is 5.43 Å². The number of nitrogens with one attached hydrogen (secondary N) is 1. The first-order valence-corrected chi connectivity index (χ1v) is 7.07. The number of hydrazine groups is 1. The second-order valence-electron chi connectivity index (χ2n) is 5.85. The van der Waals surface area contributed by atoms with Crippen LogP contribution in [0, 0.1) is 5.92 Å². The van der Waals surface area contributed by atoms with E-state index in [-0.39, 0.29) is 0 Å². The molecule has 19 heavy (non-hydrogen) atoms. The van der Waals surface area contributed by atoms with Crippen LogP contribution in [-0.4, -0.2) is 17.0 Å². The van der Waals surface area contributed by atoms with Crippen LogP contribution < -0.4 is 11.3 Å². The molecule has 1 fully saturated rings. The van der Waals surface area contributed by atoms with E-state index in [1.54, 1.807) is 0 Å². The predicted octanol–water partition coefficient (Wildman–Crippen LogP) is 3.45. The first-order chi connectivity index (χ1) is 9.02. The Morgan fingerprint density at radius 3 is 2.16 bits per heavy atom. The van der Waals surface area contributed by atoms with Crippen LogP contribution in [0.4, 0.5) is 5.69 Å². The minimum atomic E-state index is 0.554. The van der Waals surface area contributed by atoms with E-state index in [0.717, 1.165) is 17.3 Å². The molecule has 3 nitrogen and oxygen atoms in total. The molecule has 1 aromatic rings. The molecule has 3 N–H and O–H groups in total. The van der Waals surface area contributed by atoms with Gasteiger partial charge >= 0.3 is 0 Å². The third-order valence-corrected chi connectivity index (χ3v) is 4.13. The monoisotopic (exact) mass is 259 g/mol. The molecule has 2 rings (SSSR count). The average Bonchev–Trinajstić information content (AvgIpc) is 2.37. The Hall–Kier alpha value is -1.48. The lowest BCUT2D eigenvalue weighted by atomic mass is 9.87. The van der Waals surface area contributed by atoms with E-state index >= 15 is 0 Å². The maximum atomic E-state index is 5.40. The Bertz CT molecular complexity index is 426. The van der Waals surface area contributed by atoms with Crippen molar-refractivity contribution in [2.45, 2.75) is 45.7 Å². The van der Waals surface area contributed by atoms with E-state index in [2.05, 4.69) is 49.8 Å². The normalized spacial score (nSPS) is 27.2. The standard InChI is InChI=1S/C16H25N3/c1-11-9-12(2)19(13(3)10-11)14(4)15-5-7-16(18-17)8-6-15/h5-8,11-13,18H,4,9-10,17H2,1-3H3. The third-order valence-electron chi connectivity index (χ3n) is 4.13. The van der Waals surface area contributed by atoms with Crippen molar-refractivity contribution in [1.29, 1.82) is 0 Å². The molecule has 104 valence electrons. The van der Waals surface area contributed by atoms with Gasteiger partial charge in [0.1, 0.15) is 0 Å². The highest BCUT2D eigenvalue weighted by molar-refractivity contribution is 5.64. The fourth-order valence-electron chi connectivity index (χ4n) is 3.36. The highest BCUT2D eigenvalue weighted by atomic mass is 15.2. The van der Waals surface area contributed by atoms with Crippen molar-refractivity contribution in [3.8, 4) is 0 Å². The number of hydrogen-bond acceptors (Lipinski definition) is 3. The molecular formula is C16H25N3. The van der Waals surface area contributed by atoms with Crippen LogP contribution in [0.5, 0.6) is 0 Å². The second-order valence-corrected chi connectivity index (χ2v) is 5.85. The van der Waals surface area contributed by atoms with Gasteiger partial charge in [0.25, 0.3) is 0 Å². The molecule has 2 atom stereocenters. The van der Waals surface area contributed by atoms with E-state index in [1.165, 1.54) is 18.4 Å². The SMILES string of the molecule is C=C(c1ccc(NN)cc1)N1C(C)CC(C)CC1C. The minimum absolute atomic E-state index is 0.554. The zero-order chi connectivity index (χ0) is 14.0. The van der Waals surface area contributed by atoms with Crippen LogP contribution in [0.15, 0.2) is 30.8 Å². The summed E-state index contributed by atoms with van der Waals surface area (Å²) in [5, 5.41) is 0. The molecule has 3 heteroatoms. The van der Waals surface area contributed by atoms with Gasteiger partial charge in [0.15, 0.2) is 0 Å². The fraction of sp³-hybridized carbons (Fsp3) is 0.500. The number of likely N-dealkylation sites (tertiary alicyclic amines) is 1. The average molecular weight is 259 g/mol. The highest BCUT2D eigenvalue weighted by Gasteiger charge is 2.29. The summed E-state index contributed by atoms with van der Waals surface area (Å²) < 4.78 is 0. The lowest BCUT2D eigenvalue weighted by Gasteiger charge is -2.44. The van der Waals surface area contributed by atoms with Crippen molar-refractivity contribution in [3.63, 3.8) is 0 Å². The maximum absolute atomic E-state index is 5.40. The summed E-state index contributed by atoms with van der Waals surface area (Å²) in [5.41, 5.74) is 5.87. The summed E-state index contributed by atoms with van der Waals surface area (Å²) in [4.78, 5) is 2.46. The largest absolute Gasteiger partial charge is 0.366 e. The summed E-state index contributed by atoms with van der Waals surface area (Å²) in [5.74, 6) is 6.20. The molecule has 1 heterocycles. The Morgan fingerprint density at radius 1 is 1.16 bits per heavy atom. The van der Waals surface area contributed by atoms with Crippen LogP contribution in [0.3, 0.4) is 0 Å². The number of rotatable bonds is 3. The van der Waals surface area contributed by atoms with E-state index in [9.17, 15) is 0 Å². The van der Waals surface area contributed by atoms with E-state index in [4.69, 9.17) is 5.84 Å². The van der Waals surface area contributed by atoms with Gasteiger partial charge < -0.3 is 10.3 Å². The molecule has 0 radical (unpaired) electrons. The number of nitrogens with two attached hydrogens (primary N) is 1. The molecule has 0 amide bonds. The van der Waals surface area contributed by atoms with Gasteiger partial charge in [-0.15, -0.1) is 0 Å². The van der Waals surface area contributed by atoms with Crippen molar-refractivity contribution < 1.29 is 0 Å². The van der Waals surface area contributed by atoms with Crippen LogP contribution in [0.1, 0.15) is 39.2 Å². The summed E-state index contributed by atoms with van der Waals surface area (Å²) in [6.45, 7) is 11.2. The zero-order valence-electron chi connectivity index (χ0n) is 12.2. The van der Waals surface area contributed by atoms with Crippen LogP contribution in [0.25, 0.3) is 5.70 Å². The van der Waals surface area contributed by atoms with Gasteiger partial charge in [-0.2, -0.15) is 0 Å². The van der Waals surface area contributed by atoms with Gasteiger partial charge in [0, 0.05) is 23.5 Å². The van der Waals surface area contributed by atoms with E-state index < -0.39 is 0 Å². The summed E-state index contributed by atoms with van der Waals surface area (Å²) in [6.07, 6.45) is 2.48. The third kappa shape index (κ3) is 2.92. The van der Waals surface area contributed by atoms with Crippen molar-refractivity contribution in [2.24, 2.45) is 11.8 Å². The Morgan fingerprint density at radius 2 is 1.68 bits per heavy atom. The lowest BCUT2D eigenvalue weighted by molar-refractivity contribution is 0.139. The van der Waals surface area contributed by atoms with Gasteiger partial charge in [0.2, 0.25) is 0 Å². The molecule has 1 aliphatic heterocycles. The lowest BCUT2D eigenvalue weighted by Crippen LogP contribution is -2.44. The quantitative estimate of drug-likeness (QED) is 0.645. The topological polar surface area (TPSA) is 41.3 Å². The van der Waals surface area contributed by atoms with Crippen LogP contribution in [-0.2, 0) is 0 Å². The molecule has 0 bridgehead atoms. The Labute approximate surface area is 116 Å². The van der Waals surface area contributed by atoms with E-state index in [1.807, 2.05) is 12.1 Å². The smallest absolute Gasteiger partial charge is 0.0485 e. The first kappa shape index (κ1) is 13.9. The molecule has 0 aliphatic carbocycles. The van der Waals surface area contributed by atoms with Gasteiger partial charge in [-0.1, -0.05) is 25.6 Å². The summed E-state index contributed by atoms with van der Waals surface area (Å²) in [6, 6.07) is 9.24. The number of piperidine rings is 1.